The molecule has 1 heterocycles. The van der Waals surface area contributed by atoms with Crippen LogP contribution in [0.5, 0.6) is 0 Å². The first-order chi connectivity index (χ1) is 10.0. The average molecular weight is 309 g/mol. The monoisotopic (exact) mass is 308 g/mol. The number of halogens is 3. The second-order valence-corrected chi connectivity index (χ2v) is 5.28. The first-order valence-electron chi connectivity index (χ1n) is 6.33. The van der Waals surface area contributed by atoms with Crippen LogP contribution in [0.25, 0.3) is 11.0 Å². The average Bonchev–Trinajstić information content (AvgIpc) is 2.81. The van der Waals surface area contributed by atoms with Crippen molar-refractivity contribution >= 4 is 22.6 Å². The quantitative estimate of drug-likeness (QED) is 0.713. The van der Waals surface area contributed by atoms with E-state index in [2.05, 4.69) is 9.97 Å². The minimum Gasteiger partial charge on any atom is -0.306 e. The van der Waals surface area contributed by atoms with E-state index in [1.807, 2.05) is 0 Å². The standard InChI is InChI=1S/C15H11ClF2N2O/c16-10(7-9-11(17)2-1-3-12(9)18)8-4-5-13-14(6-8)20-15(21)19-13/h1-6,10H,7H2,(H2,19,20,21). The molecule has 0 amide bonds. The molecule has 0 spiro atoms. The Labute approximate surface area is 123 Å². The van der Waals surface area contributed by atoms with E-state index in [9.17, 15) is 13.6 Å². The Kier molecular flexibility index (Phi) is 3.51. The Morgan fingerprint density at radius 3 is 2.43 bits per heavy atom. The minimum atomic E-state index is -0.614. The molecule has 0 saturated heterocycles. The third-order valence-electron chi connectivity index (χ3n) is 3.35. The van der Waals surface area contributed by atoms with Gasteiger partial charge in [-0.25, -0.2) is 13.6 Å². The molecule has 0 aliphatic rings. The van der Waals surface area contributed by atoms with Crippen LogP contribution in [0.4, 0.5) is 8.78 Å². The molecule has 6 heteroatoms. The molecule has 3 nitrogen and oxygen atoms in total. The van der Waals surface area contributed by atoms with Gasteiger partial charge in [0.05, 0.1) is 16.4 Å². The van der Waals surface area contributed by atoms with Crippen molar-refractivity contribution in [3.63, 3.8) is 0 Å². The molecule has 108 valence electrons. The second kappa shape index (κ2) is 5.33. The fourth-order valence-electron chi connectivity index (χ4n) is 2.27. The van der Waals surface area contributed by atoms with Gasteiger partial charge in [-0.15, -0.1) is 11.6 Å². The summed E-state index contributed by atoms with van der Waals surface area (Å²) in [7, 11) is 0. The molecule has 3 rings (SSSR count). The van der Waals surface area contributed by atoms with E-state index in [1.165, 1.54) is 18.2 Å². The molecule has 0 aliphatic heterocycles. The number of H-pyrrole nitrogens is 2. The lowest BCUT2D eigenvalue weighted by Crippen LogP contribution is -2.01. The smallest absolute Gasteiger partial charge is 0.306 e. The van der Waals surface area contributed by atoms with E-state index in [0.29, 0.717) is 16.6 Å². The lowest BCUT2D eigenvalue weighted by atomic mass is 10.0. The summed E-state index contributed by atoms with van der Waals surface area (Å²) in [6, 6.07) is 8.85. The van der Waals surface area contributed by atoms with Crippen LogP contribution >= 0.6 is 11.6 Å². The van der Waals surface area contributed by atoms with E-state index >= 15 is 0 Å². The summed E-state index contributed by atoms with van der Waals surface area (Å²) in [5, 5.41) is -0.598. The maximum Gasteiger partial charge on any atom is 0.323 e. The molecule has 21 heavy (non-hydrogen) atoms. The van der Waals surface area contributed by atoms with Gasteiger partial charge in [-0.05, 0) is 36.2 Å². The zero-order chi connectivity index (χ0) is 15.0. The first kappa shape index (κ1) is 13.8. The maximum absolute atomic E-state index is 13.6. The highest BCUT2D eigenvalue weighted by molar-refractivity contribution is 6.21. The van der Waals surface area contributed by atoms with Crippen LogP contribution in [0, 0.1) is 11.6 Å². The first-order valence-corrected chi connectivity index (χ1v) is 6.77. The Bertz CT molecular complexity index is 836. The number of hydrogen-bond acceptors (Lipinski definition) is 1. The molecule has 0 bridgehead atoms. The van der Waals surface area contributed by atoms with Gasteiger partial charge in [-0.1, -0.05) is 12.1 Å². The fourth-order valence-corrected chi connectivity index (χ4v) is 2.56. The van der Waals surface area contributed by atoms with Gasteiger partial charge in [0.1, 0.15) is 11.6 Å². The molecule has 2 N–H and O–H groups in total. The van der Waals surface area contributed by atoms with Crippen LogP contribution in [0.1, 0.15) is 16.5 Å². The van der Waals surface area contributed by atoms with Crippen molar-refractivity contribution < 1.29 is 8.78 Å². The van der Waals surface area contributed by atoms with Gasteiger partial charge in [-0.2, -0.15) is 0 Å². The summed E-state index contributed by atoms with van der Waals surface area (Å²) >= 11 is 6.26. The Morgan fingerprint density at radius 2 is 1.71 bits per heavy atom. The molecule has 1 unspecified atom stereocenters. The molecule has 2 aromatic carbocycles. The molecule has 0 radical (unpaired) electrons. The highest BCUT2D eigenvalue weighted by atomic mass is 35.5. The summed E-state index contributed by atoms with van der Waals surface area (Å²) in [6.45, 7) is 0. The van der Waals surface area contributed by atoms with Gasteiger partial charge >= 0.3 is 5.69 Å². The molecule has 0 aliphatic carbocycles. The number of imidazole rings is 1. The zero-order valence-electron chi connectivity index (χ0n) is 10.8. The SMILES string of the molecule is O=c1[nH]c2ccc(C(Cl)Cc3c(F)cccc3F)cc2[nH]1. The number of aromatic nitrogens is 2. The zero-order valence-corrected chi connectivity index (χ0v) is 11.5. The predicted molar refractivity (Wildman–Crippen MR) is 77.6 cm³/mol. The number of benzene rings is 2. The molecule has 0 fully saturated rings. The van der Waals surface area contributed by atoms with Gasteiger partial charge in [-0.3, -0.25) is 0 Å². The van der Waals surface area contributed by atoms with E-state index in [4.69, 9.17) is 11.6 Å². The van der Waals surface area contributed by atoms with Crippen molar-refractivity contribution in [3.05, 3.63) is 69.6 Å². The lowest BCUT2D eigenvalue weighted by molar-refractivity contribution is 0.553. The largest absolute Gasteiger partial charge is 0.323 e. The van der Waals surface area contributed by atoms with Crippen molar-refractivity contribution in [1.82, 2.24) is 9.97 Å². The molecule has 3 aromatic rings. The van der Waals surface area contributed by atoms with Crippen molar-refractivity contribution in [2.45, 2.75) is 11.8 Å². The van der Waals surface area contributed by atoms with Crippen LogP contribution < -0.4 is 5.69 Å². The number of aromatic amines is 2. The van der Waals surface area contributed by atoms with E-state index < -0.39 is 17.0 Å². The Hall–Kier alpha value is -2.14. The number of hydrogen-bond donors (Lipinski definition) is 2. The van der Waals surface area contributed by atoms with E-state index in [0.717, 1.165) is 0 Å². The van der Waals surface area contributed by atoms with E-state index in [1.54, 1.807) is 18.2 Å². The van der Waals surface area contributed by atoms with Crippen LogP contribution in [0.2, 0.25) is 0 Å². The molecule has 1 aromatic heterocycles. The maximum atomic E-state index is 13.6. The highest BCUT2D eigenvalue weighted by Gasteiger charge is 2.16. The summed E-state index contributed by atoms with van der Waals surface area (Å²) in [4.78, 5) is 16.4. The summed E-state index contributed by atoms with van der Waals surface area (Å²) in [5.74, 6) is -1.23. The van der Waals surface area contributed by atoms with Crippen LogP contribution in [-0.4, -0.2) is 9.97 Å². The Balaban J connectivity index is 1.93. The number of alkyl halides is 1. The molecule has 0 saturated carbocycles. The van der Waals surface area contributed by atoms with Crippen LogP contribution in [0.15, 0.2) is 41.2 Å². The highest BCUT2D eigenvalue weighted by Crippen LogP contribution is 2.28. The second-order valence-electron chi connectivity index (χ2n) is 4.76. The van der Waals surface area contributed by atoms with Gasteiger partial charge in [0, 0.05) is 5.56 Å². The summed E-state index contributed by atoms with van der Waals surface area (Å²) in [5.41, 5.74) is 1.59. The third kappa shape index (κ3) is 2.69. The van der Waals surface area contributed by atoms with Gasteiger partial charge in [0.25, 0.3) is 0 Å². The minimum absolute atomic E-state index is 0.0280. The summed E-state index contributed by atoms with van der Waals surface area (Å²) in [6.07, 6.45) is 0.0280. The topological polar surface area (TPSA) is 48.6 Å². The van der Waals surface area contributed by atoms with Crippen molar-refractivity contribution in [2.75, 3.05) is 0 Å². The van der Waals surface area contributed by atoms with E-state index in [-0.39, 0.29) is 17.7 Å². The normalized spacial score (nSPS) is 12.7. The van der Waals surface area contributed by atoms with Gasteiger partial charge in [0.2, 0.25) is 0 Å². The van der Waals surface area contributed by atoms with Crippen molar-refractivity contribution in [2.24, 2.45) is 0 Å². The van der Waals surface area contributed by atoms with Crippen molar-refractivity contribution in [1.29, 1.82) is 0 Å². The van der Waals surface area contributed by atoms with Gasteiger partial charge < -0.3 is 9.97 Å². The van der Waals surface area contributed by atoms with Crippen LogP contribution in [0.3, 0.4) is 0 Å². The van der Waals surface area contributed by atoms with Gasteiger partial charge in [0.15, 0.2) is 0 Å². The number of nitrogens with one attached hydrogen (secondary N) is 2. The summed E-state index contributed by atoms with van der Waals surface area (Å²) < 4.78 is 27.3. The van der Waals surface area contributed by atoms with Crippen molar-refractivity contribution in [3.8, 4) is 0 Å². The molecular weight excluding hydrogens is 298 g/mol. The predicted octanol–water partition coefficient (Wildman–Crippen LogP) is 3.66. The third-order valence-corrected chi connectivity index (χ3v) is 3.75. The number of rotatable bonds is 3. The van der Waals surface area contributed by atoms with Crippen LogP contribution in [-0.2, 0) is 6.42 Å². The molecular formula is C15H11ClF2N2O. The number of fused-ring (bicyclic) bond motifs is 1. The lowest BCUT2D eigenvalue weighted by Gasteiger charge is -2.11. The fraction of sp³-hybridized carbons (Fsp3) is 0.133. The molecule has 1 atom stereocenters. The Morgan fingerprint density at radius 1 is 1.05 bits per heavy atom.